The van der Waals surface area contributed by atoms with Gasteiger partial charge in [-0.1, -0.05) is 0 Å². The molecule has 0 saturated carbocycles. The summed E-state index contributed by atoms with van der Waals surface area (Å²) < 4.78 is 33.7. The Morgan fingerprint density at radius 2 is 1.75 bits per heavy atom. The topological polar surface area (TPSA) is 108 Å². The van der Waals surface area contributed by atoms with Crippen molar-refractivity contribution in [1.82, 2.24) is 24.4 Å². The van der Waals surface area contributed by atoms with Crippen LogP contribution in [0, 0.1) is 0 Å². The van der Waals surface area contributed by atoms with Crippen LogP contribution in [0.15, 0.2) is 53.6 Å². The lowest BCUT2D eigenvalue weighted by Gasteiger charge is -2.34. The van der Waals surface area contributed by atoms with Crippen molar-refractivity contribution in [2.24, 2.45) is 0 Å². The third-order valence-corrected chi connectivity index (χ3v) is 7.86. The number of likely N-dealkylation sites (N-methyl/N-ethyl adjacent to an activating group) is 1. The molecule has 3 aromatic rings. The summed E-state index contributed by atoms with van der Waals surface area (Å²) in [6.45, 7) is 4.47. The van der Waals surface area contributed by atoms with Gasteiger partial charge in [0.05, 0.1) is 24.2 Å². The van der Waals surface area contributed by atoms with Gasteiger partial charge in [0.15, 0.2) is 5.82 Å². The highest BCUT2D eigenvalue weighted by Gasteiger charge is 2.20. The molecule has 0 radical (unpaired) electrons. The average Bonchev–Trinajstić information content (AvgIpc) is 3.30. The van der Waals surface area contributed by atoms with Crippen molar-refractivity contribution in [3.8, 4) is 5.75 Å². The van der Waals surface area contributed by atoms with Crippen LogP contribution in [0.3, 0.4) is 0 Å². The molecule has 0 atom stereocenters. The van der Waals surface area contributed by atoms with Crippen molar-refractivity contribution in [2.75, 3.05) is 62.5 Å². The first-order valence-corrected chi connectivity index (χ1v) is 13.2. The van der Waals surface area contributed by atoms with Gasteiger partial charge in [-0.2, -0.15) is 4.98 Å². The number of rotatable bonds is 7. The van der Waals surface area contributed by atoms with Gasteiger partial charge in [0, 0.05) is 56.0 Å². The van der Waals surface area contributed by atoms with Crippen LogP contribution in [0.25, 0.3) is 6.20 Å². The molecule has 3 heterocycles. The summed E-state index contributed by atoms with van der Waals surface area (Å²) in [5, 5.41) is 7.83. The molecule has 12 heteroatoms. The molecule has 2 aliphatic rings. The highest BCUT2D eigenvalue weighted by atomic mass is 32.2. The molecular weight excluding hydrogens is 480 g/mol. The molecule has 1 aromatic heterocycles. The van der Waals surface area contributed by atoms with Crippen LogP contribution in [0.4, 0.5) is 23.0 Å². The highest BCUT2D eigenvalue weighted by molar-refractivity contribution is 7.89. The Kier molecular flexibility index (Phi) is 6.56. The van der Waals surface area contributed by atoms with E-state index >= 15 is 0 Å². The zero-order valence-corrected chi connectivity index (χ0v) is 21.4. The number of methoxy groups -OCH3 is 1. The summed E-state index contributed by atoms with van der Waals surface area (Å²) in [7, 11) is 1.75. The zero-order chi connectivity index (χ0) is 25.3. The van der Waals surface area contributed by atoms with Gasteiger partial charge in [-0.25, -0.2) is 17.8 Å². The van der Waals surface area contributed by atoms with Crippen molar-refractivity contribution >= 4 is 39.2 Å². The first-order valence-electron chi connectivity index (χ1n) is 11.7. The van der Waals surface area contributed by atoms with E-state index < -0.39 is 10.0 Å². The molecule has 0 amide bonds. The molecule has 190 valence electrons. The zero-order valence-electron chi connectivity index (χ0n) is 20.5. The second-order valence-corrected chi connectivity index (χ2v) is 10.6. The molecule has 2 aliphatic heterocycles. The quantitative estimate of drug-likeness (QED) is 0.494. The minimum atomic E-state index is -3.47. The molecule has 0 unspecified atom stereocenters. The van der Waals surface area contributed by atoms with Crippen molar-refractivity contribution in [1.29, 1.82) is 0 Å². The molecule has 2 N–H and O–H groups in total. The van der Waals surface area contributed by atoms with Crippen LogP contribution in [0.2, 0.25) is 0 Å². The molecular formula is C24H30N8O3S. The summed E-state index contributed by atoms with van der Waals surface area (Å²) in [6, 6.07) is 12.8. The Morgan fingerprint density at radius 3 is 2.44 bits per heavy atom. The van der Waals surface area contributed by atoms with E-state index in [1.807, 2.05) is 29.4 Å². The molecule has 0 aliphatic carbocycles. The Bertz CT molecular complexity index is 1360. The molecule has 1 fully saturated rings. The van der Waals surface area contributed by atoms with Crippen LogP contribution >= 0.6 is 0 Å². The second-order valence-electron chi connectivity index (χ2n) is 8.73. The molecule has 0 bridgehead atoms. The van der Waals surface area contributed by atoms with Gasteiger partial charge in [0.25, 0.3) is 0 Å². The summed E-state index contributed by atoms with van der Waals surface area (Å²) >= 11 is 0. The van der Waals surface area contributed by atoms with Gasteiger partial charge in [-0.15, -0.1) is 5.10 Å². The van der Waals surface area contributed by atoms with Crippen LogP contribution < -0.4 is 24.6 Å². The fourth-order valence-corrected chi connectivity index (χ4v) is 5.02. The number of nitrogens with zero attached hydrogens (tertiary/aromatic N) is 6. The maximum atomic E-state index is 12.0. The van der Waals surface area contributed by atoms with Gasteiger partial charge in [0.1, 0.15) is 5.75 Å². The van der Waals surface area contributed by atoms with Crippen LogP contribution in [-0.4, -0.2) is 75.5 Å². The second kappa shape index (κ2) is 9.80. The number of anilines is 4. The van der Waals surface area contributed by atoms with Crippen molar-refractivity contribution in [2.45, 2.75) is 11.4 Å². The third kappa shape index (κ3) is 4.87. The SMILES string of the molecule is CNS(=O)(=O)c1ccc(N2C=Cn3nc(Nc4ccc(N5CCN(C)CC5)c(OC)c4)nc3C2)cc1. The number of aromatic nitrogens is 3. The third-order valence-electron chi connectivity index (χ3n) is 6.43. The van der Waals surface area contributed by atoms with E-state index in [9.17, 15) is 8.42 Å². The largest absolute Gasteiger partial charge is 0.495 e. The van der Waals surface area contributed by atoms with Gasteiger partial charge >= 0.3 is 0 Å². The first-order chi connectivity index (χ1) is 17.4. The smallest absolute Gasteiger partial charge is 0.247 e. The lowest BCUT2D eigenvalue weighted by molar-refractivity contribution is 0.311. The summed E-state index contributed by atoms with van der Waals surface area (Å²) in [6.07, 6.45) is 3.72. The molecule has 36 heavy (non-hydrogen) atoms. The molecule has 1 saturated heterocycles. The van der Waals surface area contributed by atoms with Crippen molar-refractivity contribution in [3.63, 3.8) is 0 Å². The first kappa shape index (κ1) is 24.1. The van der Waals surface area contributed by atoms with Gasteiger partial charge in [0.2, 0.25) is 16.0 Å². The highest BCUT2D eigenvalue weighted by Crippen LogP contribution is 2.33. The van der Waals surface area contributed by atoms with E-state index in [-0.39, 0.29) is 4.90 Å². The Hall–Kier alpha value is -3.61. The Balaban J connectivity index is 1.28. The minimum absolute atomic E-state index is 0.221. The predicted molar refractivity (Wildman–Crippen MR) is 140 cm³/mol. The number of hydrogen-bond donors (Lipinski definition) is 2. The molecule has 2 aromatic carbocycles. The molecule has 5 rings (SSSR count). The molecule has 0 spiro atoms. The number of piperazine rings is 1. The van der Waals surface area contributed by atoms with E-state index in [1.54, 1.807) is 36.1 Å². The van der Waals surface area contributed by atoms with Crippen LogP contribution in [0.5, 0.6) is 5.75 Å². The fourth-order valence-electron chi connectivity index (χ4n) is 4.29. The number of sulfonamides is 1. The minimum Gasteiger partial charge on any atom is -0.495 e. The Labute approximate surface area is 211 Å². The summed E-state index contributed by atoms with van der Waals surface area (Å²) in [5.41, 5.74) is 2.78. The maximum Gasteiger partial charge on any atom is 0.247 e. The number of fused-ring (bicyclic) bond motifs is 1. The lowest BCUT2D eigenvalue weighted by atomic mass is 10.2. The van der Waals surface area contributed by atoms with Crippen molar-refractivity contribution < 1.29 is 13.2 Å². The number of ether oxygens (including phenoxy) is 1. The monoisotopic (exact) mass is 510 g/mol. The van der Waals surface area contributed by atoms with Crippen molar-refractivity contribution in [3.05, 3.63) is 54.5 Å². The standard InChI is InChI=1S/C24H30N8O3S/c1-25-36(33,34)20-7-5-19(6-8-20)31-14-15-32-23(17-31)27-24(28-32)26-18-4-9-21(22(16-18)35-3)30-12-10-29(2)11-13-30/h4-9,14-16,25H,10-13,17H2,1-3H3,(H,26,28). The normalized spacial score (nSPS) is 16.2. The Morgan fingerprint density at radius 1 is 1.00 bits per heavy atom. The van der Waals surface area contributed by atoms with Crippen LogP contribution in [0.1, 0.15) is 5.82 Å². The summed E-state index contributed by atoms with van der Waals surface area (Å²) in [5.74, 6) is 2.05. The van der Waals surface area contributed by atoms with Gasteiger partial charge in [-0.3, -0.25) is 0 Å². The molecule has 11 nitrogen and oxygen atoms in total. The lowest BCUT2D eigenvalue weighted by Crippen LogP contribution is -2.44. The van der Waals surface area contributed by atoms with Gasteiger partial charge < -0.3 is 24.8 Å². The summed E-state index contributed by atoms with van der Waals surface area (Å²) in [4.78, 5) is 11.5. The van der Waals surface area contributed by atoms with E-state index in [0.29, 0.717) is 12.5 Å². The maximum absolute atomic E-state index is 12.0. The predicted octanol–water partition coefficient (Wildman–Crippen LogP) is 2.14. The van der Waals surface area contributed by atoms with Gasteiger partial charge in [-0.05, 0) is 50.5 Å². The van der Waals surface area contributed by atoms with E-state index in [0.717, 1.165) is 54.8 Å². The van der Waals surface area contributed by atoms with E-state index in [1.165, 1.54) is 7.05 Å². The average molecular weight is 511 g/mol. The van der Waals surface area contributed by atoms with E-state index in [2.05, 4.69) is 43.0 Å². The number of nitrogens with one attached hydrogen (secondary N) is 2. The fraction of sp³-hybridized carbons (Fsp3) is 0.333. The number of benzene rings is 2. The van der Waals surface area contributed by atoms with E-state index in [4.69, 9.17) is 4.74 Å². The number of hydrogen-bond acceptors (Lipinski definition) is 9. The van der Waals surface area contributed by atoms with Crippen LogP contribution in [-0.2, 0) is 16.6 Å².